The zero-order valence-electron chi connectivity index (χ0n) is 22.0. The van der Waals surface area contributed by atoms with Gasteiger partial charge in [0.15, 0.2) is 0 Å². The maximum atomic E-state index is 12.0. The molecule has 2 aromatic heterocycles. The van der Waals surface area contributed by atoms with E-state index in [2.05, 4.69) is 65.2 Å². The van der Waals surface area contributed by atoms with Crippen LogP contribution in [0.25, 0.3) is 22.0 Å². The van der Waals surface area contributed by atoms with Crippen LogP contribution in [-0.4, -0.2) is 56.6 Å². The molecule has 4 aliphatic rings. The van der Waals surface area contributed by atoms with Crippen molar-refractivity contribution in [3.63, 3.8) is 0 Å². The van der Waals surface area contributed by atoms with Gasteiger partial charge >= 0.3 is 0 Å². The average molecular weight is 531 g/mol. The van der Waals surface area contributed by atoms with Gasteiger partial charge in [-0.15, -0.1) is 11.6 Å². The summed E-state index contributed by atoms with van der Waals surface area (Å²) in [6, 6.07) is 9.41. The zero-order chi connectivity index (χ0) is 26.2. The predicted octanol–water partition coefficient (Wildman–Crippen LogP) is 4.58. The Balaban J connectivity index is 1.29. The summed E-state index contributed by atoms with van der Waals surface area (Å²) in [5.41, 5.74) is 11.9. The standard InChI is InChI=1S/C30H35ClN6O/c1-4-25(38)36-15-30(16-36)11-22(12-30)37-18(3)26(27-23-14-33-34-24(23)9-17(2)28(27)31)29(35-37)20-5-6-21-13-32-8-7-19(21)10-20/h4-8,10,13,17,22-24,27-28,33-34H,1,9,11-12,14-16H2,2-3H3. The Hall–Kier alpha value is -2.74. The molecular formula is C30H35ClN6O. The van der Waals surface area contributed by atoms with Crippen molar-refractivity contribution in [1.29, 1.82) is 0 Å². The number of amides is 1. The third-order valence-electron chi connectivity index (χ3n) is 9.78. The van der Waals surface area contributed by atoms with Gasteiger partial charge in [-0.25, -0.2) is 0 Å². The highest BCUT2D eigenvalue weighted by Gasteiger charge is 2.55. The van der Waals surface area contributed by atoms with Gasteiger partial charge in [0.1, 0.15) is 0 Å². The molecule has 2 saturated heterocycles. The molecule has 2 aliphatic heterocycles. The molecule has 0 bridgehead atoms. The van der Waals surface area contributed by atoms with E-state index in [1.165, 1.54) is 22.7 Å². The number of alkyl halides is 1. The first kappa shape index (κ1) is 24.3. The number of fused-ring (bicyclic) bond motifs is 2. The van der Waals surface area contributed by atoms with E-state index in [4.69, 9.17) is 16.7 Å². The molecule has 198 valence electrons. The molecule has 4 fully saturated rings. The summed E-state index contributed by atoms with van der Waals surface area (Å²) >= 11 is 7.29. The molecular weight excluding hydrogens is 496 g/mol. The van der Waals surface area contributed by atoms with Crippen LogP contribution in [0.3, 0.4) is 0 Å². The number of carbonyl (C=O) groups excluding carboxylic acids is 1. The van der Waals surface area contributed by atoms with Crippen molar-refractivity contribution < 1.29 is 4.79 Å². The smallest absolute Gasteiger partial charge is 0.245 e. The number of hydrogen-bond donors (Lipinski definition) is 2. The van der Waals surface area contributed by atoms with Crippen LogP contribution in [0.2, 0.25) is 0 Å². The van der Waals surface area contributed by atoms with Crippen molar-refractivity contribution in [2.45, 2.75) is 56.5 Å². The fourth-order valence-corrected chi connectivity index (χ4v) is 8.23. The predicted molar refractivity (Wildman–Crippen MR) is 150 cm³/mol. The van der Waals surface area contributed by atoms with E-state index in [0.717, 1.165) is 55.5 Å². The number of likely N-dealkylation sites (tertiary alicyclic amines) is 1. The number of nitrogens with zero attached hydrogens (tertiary/aromatic N) is 4. The lowest BCUT2D eigenvalue weighted by molar-refractivity contribution is -0.149. The molecule has 3 aromatic rings. The summed E-state index contributed by atoms with van der Waals surface area (Å²) in [7, 11) is 0. The summed E-state index contributed by atoms with van der Waals surface area (Å²) in [5.74, 6) is 1.08. The van der Waals surface area contributed by atoms with E-state index in [9.17, 15) is 4.79 Å². The Morgan fingerprint density at radius 1 is 1.24 bits per heavy atom. The molecule has 4 heterocycles. The second-order valence-electron chi connectivity index (χ2n) is 12.2. The van der Waals surface area contributed by atoms with E-state index >= 15 is 0 Å². The number of hydrogen-bond acceptors (Lipinski definition) is 5. The first-order valence-corrected chi connectivity index (χ1v) is 14.3. The fourth-order valence-electron chi connectivity index (χ4n) is 7.81. The summed E-state index contributed by atoms with van der Waals surface area (Å²) in [6.07, 6.45) is 8.38. The molecule has 8 heteroatoms. The zero-order valence-corrected chi connectivity index (χ0v) is 22.8. The third-order valence-corrected chi connectivity index (χ3v) is 10.5. The molecule has 2 N–H and O–H groups in total. The Kier molecular flexibility index (Phi) is 5.69. The Morgan fingerprint density at radius 2 is 2.05 bits per heavy atom. The minimum atomic E-state index is 0.0401. The van der Waals surface area contributed by atoms with E-state index in [-0.39, 0.29) is 22.6 Å². The highest BCUT2D eigenvalue weighted by Crippen LogP contribution is 2.56. The molecule has 7 rings (SSSR count). The molecule has 2 aliphatic carbocycles. The molecule has 5 atom stereocenters. The van der Waals surface area contributed by atoms with Crippen molar-refractivity contribution in [3.8, 4) is 11.3 Å². The van der Waals surface area contributed by atoms with Crippen LogP contribution in [0.1, 0.15) is 49.4 Å². The Morgan fingerprint density at radius 3 is 2.84 bits per heavy atom. The van der Waals surface area contributed by atoms with Crippen molar-refractivity contribution in [2.75, 3.05) is 19.6 Å². The molecule has 7 nitrogen and oxygen atoms in total. The van der Waals surface area contributed by atoms with Crippen molar-refractivity contribution in [3.05, 3.63) is 60.6 Å². The number of aromatic nitrogens is 3. The number of carbonyl (C=O) groups is 1. The maximum Gasteiger partial charge on any atom is 0.245 e. The summed E-state index contributed by atoms with van der Waals surface area (Å²) in [6.45, 7) is 10.7. The van der Waals surface area contributed by atoms with Crippen LogP contribution < -0.4 is 10.9 Å². The highest BCUT2D eigenvalue weighted by atomic mass is 35.5. The Bertz CT molecular complexity index is 1420. The quantitative estimate of drug-likeness (QED) is 0.381. The fraction of sp³-hybridized carbons (Fsp3) is 0.500. The second-order valence-corrected chi connectivity index (χ2v) is 12.7. The second kappa shape index (κ2) is 8.90. The summed E-state index contributed by atoms with van der Waals surface area (Å²) in [5, 5.41) is 7.70. The van der Waals surface area contributed by atoms with Crippen LogP contribution >= 0.6 is 11.6 Å². The molecule has 2 saturated carbocycles. The van der Waals surface area contributed by atoms with Crippen LogP contribution in [0.5, 0.6) is 0 Å². The van der Waals surface area contributed by atoms with Gasteiger partial charge in [-0.1, -0.05) is 25.6 Å². The highest BCUT2D eigenvalue weighted by molar-refractivity contribution is 6.21. The number of benzene rings is 1. The lowest BCUT2D eigenvalue weighted by Crippen LogP contribution is -2.63. The van der Waals surface area contributed by atoms with E-state index in [1.54, 1.807) is 0 Å². The molecule has 5 unspecified atom stereocenters. The first-order chi connectivity index (χ1) is 18.4. The number of nitrogens with one attached hydrogen (secondary N) is 2. The lowest BCUT2D eigenvalue weighted by Gasteiger charge is -2.58. The van der Waals surface area contributed by atoms with Gasteiger partial charge in [0.25, 0.3) is 0 Å². The summed E-state index contributed by atoms with van der Waals surface area (Å²) in [4.78, 5) is 18.2. The molecule has 0 radical (unpaired) electrons. The average Bonchev–Trinajstić information content (AvgIpc) is 3.47. The minimum absolute atomic E-state index is 0.0401. The van der Waals surface area contributed by atoms with Crippen LogP contribution in [0.15, 0.2) is 49.3 Å². The van der Waals surface area contributed by atoms with Gasteiger partial charge < -0.3 is 4.90 Å². The van der Waals surface area contributed by atoms with Crippen molar-refractivity contribution >= 4 is 28.3 Å². The summed E-state index contributed by atoms with van der Waals surface area (Å²) < 4.78 is 2.29. The van der Waals surface area contributed by atoms with Crippen molar-refractivity contribution in [2.24, 2.45) is 17.3 Å². The monoisotopic (exact) mass is 530 g/mol. The van der Waals surface area contributed by atoms with Crippen LogP contribution in [0.4, 0.5) is 0 Å². The Labute approximate surface area is 228 Å². The first-order valence-electron chi connectivity index (χ1n) is 13.8. The van der Waals surface area contributed by atoms with Crippen molar-refractivity contribution in [1.82, 2.24) is 30.5 Å². The van der Waals surface area contributed by atoms with Gasteiger partial charge in [0.2, 0.25) is 5.91 Å². The van der Waals surface area contributed by atoms with Gasteiger partial charge in [0.05, 0.1) is 11.7 Å². The molecule has 1 amide bonds. The molecule has 1 aromatic carbocycles. The van der Waals surface area contributed by atoms with Gasteiger partial charge in [-0.3, -0.25) is 25.3 Å². The van der Waals surface area contributed by atoms with E-state index in [0.29, 0.717) is 23.9 Å². The van der Waals surface area contributed by atoms with E-state index < -0.39 is 0 Å². The van der Waals surface area contributed by atoms with Gasteiger partial charge in [-0.2, -0.15) is 5.10 Å². The largest absolute Gasteiger partial charge is 0.338 e. The SMILES string of the molecule is C=CC(=O)N1CC2(CC(n3nc(-c4ccc5cnccc5c4)c(C4C(Cl)C(C)CC5NNCC54)c3C)C2)C1. The molecule has 38 heavy (non-hydrogen) atoms. The topological polar surface area (TPSA) is 75.1 Å². The maximum absolute atomic E-state index is 12.0. The number of hydrazine groups is 1. The van der Waals surface area contributed by atoms with Crippen LogP contribution in [-0.2, 0) is 4.79 Å². The lowest BCUT2D eigenvalue weighted by atomic mass is 9.60. The van der Waals surface area contributed by atoms with Crippen LogP contribution in [0, 0.1) is 24.2 Å². The van der Waals surface area contributed by atoms with E-state index in [1.807, 2.05) is 17.3 Å². The third kappa shape index (κ3) is 3.66. The van der Waals surface area contributed by atoms with Gasteiger partial charge in [0, 0.05) is 77.0 Å². The number of pyridine rings is 1. The molecule has 1 spiro atoms. The number of halogens is 1. The normalized spacial score (nSPS) is 30.2. The minimum Gasteiger partial charge on any atom is -0.338 e. The van der Waals surface area contributed by atoms with Gasteiger partial charge in [-0.05, 0) is 61.6 Å². The number of rotatable bonds is 4.